The Labute approximate surface area is 201 Å². The van der Waals surface area contributed by atoms with Crippen LogP contribution >= 0.6 is 0 Å². The summed E-state index contributed by atoms with van der Waals surface area (Å²) in [5.41, 5.74) is 5.06. The number of esters is 1. The van der Waals surface area contributed by atoms with Gasteiger partial charge >= 0.3 is 5.97 Å². The van der Waals surface area contributed by atoms with Gasteiger partial charge in [0.05, 0.1) is 11.8 Å². The molecule has 0 unspecified atom stereocenters. The molecule has 0 heterocycles. The van der Waals surface area contributed by atoms with E-state index in [-0.39, 0.29) is 17.9 Å². The summed E-state index contributed by atoms with van der Waals surface area (Å²) in [4.78, 5) is 24.1. The number of hydrazone groups is 1. The summed E-state index contributed by atoms with van der Waals surface area (Å²) < 4.78 is 24.4. The summed E-state index contributed by atoms with van der Waals surface area (Å²) in [5, 5.41) is 3.90. The number of nitrogens with zero attached hydrogens (tertiary/aromatic N) is 1. The second-order valence-corrected chi connectivity index (χ2v) is 7.41. The zero-order valence-electron chi connectivity index (χ0n) is 18.6. The van der Waals surface area contributed by atoms with Gasteiger partial charge in [-0.2, -0.15) is 5.10 Å². The third kappa shape index (κ3) is 6.61. The molecule has 7 heteroatoms. The van der Waals surface area contributed by atoms with Gasteiger partial charge in [-0.25, -0.2) is 14.6 Å². The topological polar surface area (TPSA) is 77.0 Å². The summed E-state index contributed by atoms with van der Waals surface area (Å²) in [6, 6.07) is 29.4. The van der Waals surface area contributed by atoms with E-state index in [2.05, 4.69) is 10.5 Å². The molecular formula is C28H21FN2O4. The normalized spacial score (nSPS) is 10.7. The van der Waals surface area contributed by atoms with Crippen LogP contribution in [0.1, 0.15) is 15.9 Å². The maximum atomic E-state index is 13.7. The van der Waals surface area contributed by atoms with E-state index in [1.165, 1.54) is 24.4 Å². The van der Waals surface area contributed by atoms with E-state index in [0.29, 0.717) is 11.3 Å². The minimum atomic E-state index is -0.786. The summed E-state index contributed by atoms with van der Waals surface area (Å²) in [7, 11) is 0. The Hall–Kier alpha value is -4.78. The molecule has 1 N–H and O–H groups in total. The highest BCUT2D eigenvalue weighted by Gasteiger charge is 2.13. The predicted octanol–water partition coefficient (Wildman–Crippen LogP) is 5.24. The van der Waals surface area contributed by atoms with Crippen molar-refractivity contribution in [3.8, 4) is 22.6 Å². The van der Waals surface area contributed by atoms with Crippen LogP contribution in [0.2, 0.25) is 0 Å². The first-order valence-corrected chi connectivity index (χ1v) is 10.8. The maximum absolute atomic E-state index is 13.7. The van der Waals surface area contributed by atoms with Gasteiger partial charge in [0, 0.05) is 0 Å². The third-order valence-corrected chi connectivity index (χ3v) is 4.92. The number of hydrogen-bond acceptors (Lipinski definition) is 5. The molecule has 1 amide bonds. The standard InChI is InChI=1S/C28H21FN2O4/c29-26-9-5-4-8-25(26)28(33)35-24-14-10-20(11-15-24)18-30-31-27(32)19-34-23-16-12-22(13-17-23)21-6-2-1-3-7-21/h1-18H,19H2,(H,31,32)/b30-18-. The van der Waals surface area contributed by atoms with Crippen LogP contribution in [0.25, 0.3) is 11.1 Å². The molecule has 35 heavy (non-hydrogen) atoms. The van der Waals surface area contributed by atoms with Crippen molar-refractivity contribution in [3.63, 3.8) is 0 Å². The third-order valence-electron chi connectivity index (χ3n) is 4.92. The van der Waals surface area contributed by atoms with Gasteiger partial charge in [0.25, 0.3) is 5.91 Å². The second-order valence-electron chi connectivity index (χ2n) is 7.41. The quantitative estimate of drug-likeness (QED) is 0.166. The van der Waals surface area contributed by atoms with E-state index < -0.39 is 17.7 Å². The monoisotopic (exact) mass is 468 g/mol. The van der Waals surface area contributed by atoms with Crippen molar-refractivity contribution < 1.29 is 23.5 Å². The number of halogens is 1. The predicted molar refractivity (Wildman–Crippen MR) is 131 cm³/mol. The molecule has 4 rings (SSSR count). The van der Waals surface area contributed by atoms with Crippen molar-refractivity contribution in [3.05, 3.63) is 120 Å². The highest BCUT2D eigenvalue weighted by molar-refractivity contribution is 5.91. The lowest BCUT2D eigenvalue weighted by Crippen LogP contribution is -2.24. The highest BCUT2D eigenvalue weighted by atomic mass is 19.1. The molecule has 4 aromatic rings. The molecule has 174 valence electrons. The van der Waals surface area contributed by atoms with Gasteiger partial charge in [0.15, 0.2) is 6.61 Å². The maximum Gasteiger partial charge on any atom is 0.346 e. The zero-order valence-corrected chi connectivity index (χ0v) is 18.6. The van der Waals surface area contributed by atoms with Crippen LogP contribution < -0.4 is 14.9 Å². The first-order chi connectivity index (χ1) is 17.1. The summed E-state index contributed by atoms with van der Waals surface area (Å²) in [5.74, 6) is -1.02. The van der Waals surface area contributed by atoms with E-state index in [4.69, 9.17) is 9.47 Å². The molecule has 6 nitrogen and oxygen atoms in total. The molecule has 4 aromatic carbocycles. The van der Waals surface area contributed by atoms with Crippen molar-refractivity contribution in [1.82, 2.24) is 5.43 Å². The number of amides is 1. The van der Waals surface area contributed by atoms with Gasteiger partial charge in [-0.3, -0.25) is 4.79 Å². The fraction of sp³-hybridized carbons (Fsp3) is 0.0357. The number of nitrogens with one attached hydrogen (secondary N) is 1. The summed E-state index contributed by atoms with van der Waals surface area (Å²) >= 11 is 0. The molecular weight excluding hydrogens is 447 g/mol. The molecule has 0 saturated heterocycles. The summed E-state index contributed by atoms with van der Waals surface area (Å²) in [6.07, 6.45) is 1.44. The lowest BCUT2D eigenvalue weighted by Gasteiger charge is -2.07. The second kappa shape index (κ2) is 11.4. The zero-order chi connectivity index (χ0) is 24.5. The van der Waals surface area contributed by atoms with Gasteiger partial charge in [0.2, 0.25) is 0 Å². The van der Waals surface area contributed by atoms with E-state index in [1.807, 2.05) is 42.5 Å². The largest absolute Gasteiger partial charge is 0.484 e. The van der Waals surface area contributed by atoms with E-state index in [0.717, 1.165) is 11.1 Å². The van der Waals surface area contributed by atoms with Gasteiger partial charge in [0.1, 0.15) is 17.3 Å². The van der Waals surface area contributed by atoms with Gasteiger partial charge in [-0.05, 0) is 65.2 Å². The van der Waals surface area contributed by atoms with Crippen molar-refractivity contribution in [1.29, 1.82) is 0 Å². The molecule has 0 atom stereocenters. The van der Waals surface area contributed by atoms with Crippen molar-refractivity contribution >= 4 is 18.1 Å². The van der Waals surface area contributed by atoms with Crippen LogP contribution in [0.4, 0.5) is 4.39 Å². The smallest absolute Gasteiger partial charge is 0.346 e. The lowest BCUT2D eigenvalue weighted by atomic mass is 10.1. The molecule has 0 aliphatic rings. The number of benzene rings is 4. The minimum absolute atomic E-state index is 0.143. The van der Waals surface area contributed by atoms with Gasteiger partial charge in [-0.15, -0.1) is 0 Å². The molecule has 0 aliphatic heterocycles. The Bertz CT molecular complexity index is 1320. The fourth-order valence-corrected chi connectivity index (χ4v) is 3.14. The number of ether oxygens (including phenoxy) is 2. The average Bonchev–Trinajstić information content (AvgIpc) is 2.89. The van der Waals surface area contributed by atoms with Crippen molar-refractivity contribution in [2.45, 2.75) is 0 Å². The fourth-order valence-electron chi connectivity index (χ4n) is 3.14. The highest BCUT2D eigenvalue weighted by Crippen LogP contribution is 2.22. The molecule has 0 spiro atoms. The van der Waals surface area contributed by atoms with E-state index in [1.54, 1.807) is 42.5 Å². The minimum Gasteiger partial charge on any atom is -0.484 e. The molecule has 0 radical (unpaired) electrons. The van der Waals surface area contributed by atoms with E-state index >= 15 is 0 Å². The van der Waals surface area contributed by atoms with Crippen molar-refractivity contribution in [2.75, 3.05) is 6.61 Å². The molecule has 0 saturated carbocycles. The van der Waals surface area contributed by atoms with E-state index in [9.17, 15) is 14.0 Å². The number of rotatable bonds is 8. The Morgan fingerprint density at radius 3 is 2.11 bits per heavy atom. The first kappa shape index (κ1) is 23.4. The molecule has 0 aliphatic carbocycles. The van der Waals surface area contributed by atoms with Crippen LogP contribution in [0.15, 0.2) is 108 Å². The molecule has 0 aromatic heterocycles. The Balaban J connectivity index is 1.23. The van der Waals surface area contributed by atoms with Gasteiger partial charge < -0.3 is 9.47 Å². The molecule has 0 fully saturated rings. The van der Waals surface area contributed by atoms with Crippen LogP contribution in [-0.4, -0.2) is 24.7 Å². The van der Waals surface area contributed by atoms with Crippen LogP contribution in [0, 0.1) is 5.82 Å². The molecule has 0 bridgehead atoms. The summed E-state index contributed by atoms with van der Waals surface area (Å²) in [6.45, 7) is -0.188. The Morgan fingerprint density at radius 1 is 0.771 bits per heavy atom. The van der Waals surface area contributed by atoms with Gasteiger partial charge in [-0.1, -0.05) is 54.6 Å². The van der Waals surface area contributed by atoms with Crippen LogP contribution in [0.3, 0.4) is 0 Å². The Kier molecular flexibility index (Phi) is 7.60. The first-order valence-electron chi connectivity index (χ1n) is 10.8. The van der Waals surface area contributed by atoms with Crippen molar-refractivity contribution in [2.24, 2.45) is 5.10 Å². The average molecular weight is 468 g/mol. The SMILES string of the molecule is O=C(COc1ccc(-c2ccccc2)cc1)N/N=C\c1ccc(OC(=O)c2ccccc2F)cc1. The Morgan fingerprint density at radius 2 is 1.40 bits per heavy atom. The number of hydrogen-bond donors (Lipinski definition) is 1. The number of carbonyl (C=O) groups excluding carboxylic acids is 2. The lowest BCUT2D eigenvalue weighted by molar-refractivity contribution is -0.123. The number of carbonyl (C=O) groups is 2. The van der Waals surface area contributed by atoms with Crippen LogP contribution in [-0.2, 0) is 4.79 Å². The van der Waals surface area contributed by atoms with Crippen LogP contribution in [0.5, 0.6) is 11.5 Å².